The molecular weight excluding hydrogens is 422 g/mol. The van der Waals surface area contributed by atoms with Crippen LogP contribution in [0.25, 0.3) is 17.1 Å². The molecule has 0 atom stereocenters. The molecule has 3 aromatic heterocycles. The highest BCUT2D eigenvalue weighted by Gasteiger charge is 2.11. The number of carbonyl (C=O) groups excluding carboxylic acids is 1. The standard InChI is InChI=1S/C23H25N7OS/c1-5-29(6-2)18-8-9-19(15(3)11-18)25-23-26-21(14-32-23)17-7-10-22(24-12-17)30-13-20(16(4)31)27-28-30/h7-14H,5-6H2,1-4H3,(H,25,26). The topological polar surface area (TPSA) is 88.8 Å². The minimum absolute atomic E-state index is 0.131. The molecule has 0 fully saturated rings. The Morgan fingerprint density at radius 2 is 2.00 bits per heavy atom. The summed E-state index contributed by atoms with van der Waals surface area (Å²) in [5, 5.41) is 14.1. The van der Waals surface area contributed by atoms with Gasteiger partial charge < -0.3 is 10.2 Å². The normalized spacial score (nSPS) is 10.9. The summed E-state index contributed by atoms with van der Waals surface area (Å²) in [4.78, 5) is 22.9. The Hall–Kier alpha value is -3.59. The largest absolute Gasteiger partial charge is 0.372 e. The Morgan fingerprint density at radius 1 is 1.19 bits per heavy atom. The van der Waals surface area contributed by atoms with Crippen molar-refractivity contribution >= 4 is 33.6 Å². The molecule has 0 amide bonds. The van der Waals surface area contributed by atoms with Crippen LogP contribution in [0, 0.1) is 6.92 Å². The lowest BCUT2D eigenvalue weighted by Crippen LogP contribution is -2.21. The third-order valence-electron chi connectivity index (χ3n) is 5.22. The number of Topliss-reactive ketones (excluding diaryl/α,β-unsaturated/α-hetero) is 1. The number of ketones is 1. The zero-order valence-corrected chi connectivity index (χ0v) is 19.3. The van der Waals surface area contributed by atoms with Gasteiger partial charge in [-0.15, -0.1) is 16.4 Å². The van der Waals surface area contributed by atoms with Crippen molar-refractivity contribution in [1.29, 1.82) is 0 Å². The van der Waals surface area contributed by atoms with E-state index in [0.29, 0.717) is 11.5 Å². The van der Waals surface area contributed by atoms with Gasteiger partial charge in [0.1, 0.15) is 5.69 Å². The van der Waals surface area contributed by atoms with E-state index in [-0.39, 0.29) is 5.78 Å². The molecule has 0 aliphatic rings. The highest BCUT2D eigenvalue weighted by Crippen LogP contribution is 2.30. The van der Waals surface area contributed by atoms with Crippen LogP contribution in [0.3, 0.4) is 0 Å². The maximum atomic E-state index is 11.4. The van der Waals surface area contributed by atoms with Crippen LogP contribution in [0.5, 0.6) is 0 Å². The number of hydrogen-bond acceptors (Lipinski definition) is 8. The molecule has 8 nitrogen and oxygen atoms in total. The van der Waals surface area contributed by atoms with Crippen molar-refractivity contribution in [1.82, 2.24) is 25.0 Å². The SMILES string of the molecule is CCN(CC)c1ccc(Nc2nc(-c3ccc(-n4cc(C(C)=O)nn4)nc3)cs2)c(C)c1. The summed E-state index contributed by atoms with van der Waals surface area (Å²) in [5.41, 5.74) is 5.51. The van der Waals surface area contributed by atoms with Gasteiger partial charge in [-0.3, -0.25) is 4.79 Å². The molecule has 9 heteroatoms. The lowest BCUT2D eigenvalue weighted by molar-refractivity contribution is 0.101. The number of nitrogens with zero attached hydrogens (tertiary/aromatic N) is 6. The molecule has 0 spiro atoms. The number of thiazole rings is 1. The molecule has 0 unspecified atom stereocenters. The summed E-state index contributed by atoms with van der Waals surface area (Å²) in [6.45, 7) is 9.87. The minimum Gasteiger partial charge on any atom is -0.372 e. The molecule has 0 bridgehead atoms. The average molecular weight is 448 g/mol. The fourth-order valence-corrected chi connectivity index (χ4v) is 4.09. The van der Waals surface area contributed by atoms with Crippen LogP contribution in [0.2, 0.25) is 0 Å². The predicted octanol–water partition coefficient (Wildman–Crippen LogP) is 4.89. The fraction of sp³-hybridized carbons (Fsp3) is 0.261. The van der Waals surface area contributed by atoms with E-state index in [4.69, 9.17) is 4.98 Å². The molecule has 1 N–H and O–H groups in total. The van der Waals surface area contributed by atoms with E-state index in [1.54, 1.807) is 23.7 Å². The summed E-state index contributed by atoms with van der Waals surface area (Å²) in [5.74, 6) is 0.458. The van der Waals surface area contributed by atoms with Crippen LogP contribution in [-0.2, 0) is 0 Å². The van der Waals surface area contributed by atoms with Gasteiger partial charge in [0.25, 0.3) is 0 Å². The van der Waals surface area contributed by atoms with Gasteiger partial charge in [0.2, 0.25) is 0 Å². The van der Waals surface area contributed by atoms with E-state index in [0.717, 1.165) is 35.2 Å². The van der Waals surface area contributed by atoms with E-state index >= 15 is 0 Å². The second-order valence-electron chi connectivity index (χ2n) is 7.34. The maximum absolute atomic E-state index is 11.4. The summed E-state index contributed by atoms with van der Waals surface area (Å²) in [7, 11) is 0. The zero-order valence-electron chi connectivity index (χ0n) is 18.5. The van der Waals surface area contributed by atoms with E-state index in [2.05, 4.69) is 64.5 Å². The molecule has 164 valence electrons. The Kier molecular flexibility index (Phi) is 6.27. The van der Waals surface area contributed by atoms with Crippen LogP contribution < -0.4 is 10.2 Å². The van der Waals surface area contributed by atoms with Crippen molar-refractivity contribution in [2.75, 3.05) is 23.3 Å². The van der Waals surface area contributed by atoms with Gasteiger partial charge in [0, 0.05) is 48.5 Å². The first-order valence-electron chi connectivity index (χ1n) is 10.5. The monoisotopic (exact) mass is 447 g/mol. The van der Waals surface area contributed by atoms with Crippen molar-refractivity contribution in [2.45, 2.75) is 27.7 Å². The Bertz CT molecular complexity index is 1230. The van der Waals surface area contributed by atoms with Crippen molar-refractivity contribution in [3.63, 3.8) is 0 Å². The highest BCUT2D eigenvalue weighted by molar-refractivity contribution is 7.14. The van der Waals surface area contributed by atoms with E-state index in [1.165, 1.54) is 22.9 Å². The van der Waals surface area contributed by atoms with E-state index in [9.17, 15) is 4.79 Å². The Balaban J connectivity index is 1.48. The molecule has 1 aromatic carbocycles. The number of benzene rings is 1. The summed E-state index contributed by atoms with van der Waals surface area (Å²) in [6, 6.07) is 10.2. The quantitative estimate of drug-likeness (QED) is 0.385. The summed E-state index contributed by atoms with van der Waals surface area (Å²) < 4.78 is 1.49. The highest BCUT2D eigenvalue weighted by atomic mass is 32.1. The van der Waals surface area contributed by atoms with Crippen molar-refractivity contribution < 1.29 is 4.79 Å². The van der Waals surface area contributed by atoms with Gasteiger partial charge in [-0.05, 0) is 56.7 Å². The molecule has 0 radical (unpaired) electrons. The van der Waals surface area contributed by atoms with Gasteiger partial charge in [0.15, 0.2) is 16.7 Å². The number of carbonyl (C=O) groups is 1. The molecule has 3 heterocycles. The van der Waals surface area contributed by atoms with Gasteiger partial charge >= 0.3 is 0 Å². The third-order valence-corrected chi connectivity index (χ3v) is 5.97. The van der Waals surface area contributed by atoms with Crippen molar-refractivity contribution in [3.05, 3.63) is 59.4 Å². The first-order valence-corrected chi connectivity index (χ1v) is 11.3. The van der Waals surface area contributed by atoms with Crippen molar-refractivity contribution in [2.24, 2.45) is 0 Å². The summed E-state index contributed by atoms with van der Waals surface area (Å²) in [6.07, 6.45) is 3.32. The van der Waals surface area contributed by atoms with Gasteiger partial charge in [-0.1, -0.05) is 5.21 Å². The molecule has 4 rings (SSSR count). The average Bonchev–Trinajstić information content (AvgIpc) is 3.47. The van der Waals surface area contributed by atoms with Crippen LogP contribution in [0.1, 0.15) is 36.8 Å². The number of rotatable bonds is 8. The fourth-order valence-electron chi connectivity index (χ4n) is 3.36. The number of aromatic nitrogens is 5. The molecule has 0 aliphatic heterocycles. The molecule has 4 aromatic rings. The van der Waals surface area contributed by atoms with Crippen molar-refractivity contribution in [3.8, 4) is 17.1 Å². The molecule has 0 aliphatic carbocycles. The lowest BCUT2D eigenvalue weighted by Gasteiger charge is -2.22. The summed E-state index contributed by atoms with van der Waals surface area (Å²) >= 11 is 1.55. The zero-order chi connectivity index (χ0) is 22.7. The third kappa shape index (κ3) is 4.52. The number of anilines is 3. The van der Waals surface area contributed by atoms with Gasteiger partial charge in [-0.2, -0.15) is 0 Å². The number of nitrogens with one attached hydrogen (secondary N) is 1. The van der Waals surface area contributed by atoms with Gasteiger partial charge in [0.05, 0.1) is 11.9 Å². The maximum Gasteiger partial charge on any atom is 0.187 e. The van der Waals surface area contributed by atoms with Crippen LogP contribution in [0.15, 0.2) is 48.1 Å². The Labute approximate surface area is 191 Å². The lowest BCUT2D eigenvalue weighted by atomic mass is 10.1. The molecule has 0 saturated heterocycles. The first kappa shape index (κ1) is 21.6. The first-order chi connectivity index (χ1) is 15.5. The van der Waals surface area contributed by atoms with Crippen LogP contribution >= 0.6 is 11.3 Å². The van der Waals surface area contributed by atoms with Crippen LogP contribution in [0.4, 0.5) is 16.5 Å². The Morgan fingerprint density at radius 3 is 2.62 bits per heavy atom. The van der Waals surface area contributed by atoms with Gasteiger partial charge in [-0.25, -0.2) is 14.6 Å². The number of pyridine rings is 1. The number of hydrogen-bond donors (Lipinski definition) is 1. The molecule has 0 saturated carbocycles. The molecular formula is C23H25N7OS. The second kappa shape index (κ2) is 9.27. The smallest absolute Gasteiger partial charge is 0.187 e. The second-order valence-corrected chi connectivity index (χ2v) is 8.20. The van der Waals surface area contributed by atoms with E-state index < -0.39 is 0 Å². The van der Waals surface area contributed by atoms with Crippen LogP contribution in [-0.4, -0.2) is 43.8 Å². The minimum atomic E-state index is -0.131. The van der Waals surface area contributed by atoms with E-state index in [1.807, 2.05) is 17.5 Å². The molecule has 32 heavy (non-hydrogen) atoms. The predicted molar refractivity (Wildman–Crippen MR) is 128 cm³/mol. The number of aryl methyl sites for hydroxylation is 1.